The Morgan fingerprint density at radius 3 is 2.79 bits per heavy atom. The molecule has 1 aliphatic rings. The first-order chi connectivity index (χ1) is 13.7. The molecule has 0 radical (unpaired) electrons. The predicted molar refractivity (Wildman–Crippen MR) is 113 cm³/mol. The Kier molecular flexibility index (Phi) is 7.98. The molecule has 2 heterocycles. The van der Waals surface area contributed by atoms with Gasteiger partial charge in [-0.05, 0) is 63.7 Å². The number of hydrogen-bond acceptors (Lipinski definition) is 5. The Morgan fingerprint density at radius 1 is 1.25 bits per heavy atom. The highest BCUT2D eigenvalue weighted by atomic mass is 32.2. The summed E-state index contributed by atoms with van der Waals surface area (Å²) in [6.07, 6.45) is 2.55. The van der Waals surface area contributed by atoms with Gasteiger partial charge in [0.05, 0.1) is 11.4 Å². The number of amides is 1. The zero-order chi connectivity index (χ0) is 19.8. The number of benzene rings is 1. The molecule has 3 rings (SSSR count). The molecule has 1 N–H and O–H groups in total. The van der Waals surface area contributed by atoms with Gasteiger partial charge in [-0.15, -0.1) is 11.8 Å². The van der Waals surface area contributed by atoms with Crippen LogP contribution >= 0.6 is 11.8 Å². The lowest BCUT2D eigenvalue weighted by Crippen LogP contribution is -2.41. The Morgan fingerprint density at radius 2 is 2.04 bits per heavy atom. The molecule has 0 spiro atoms. The van der Waals surface area contributed by atoms with Crippen LogP contribution in [0.2, 0.25) is 0 Å². The van der Waals surface area contributed by atoms with Crippen LogP contribution in [0.15, 0.2) is 45.8 Å². The van der Waals surface area contributed by atoms with E-state index in [1.807, 2.05) is 36.9 Å². The van der Waals surface area contributed by atoms with Crippen molar-refractivity contribution in [3.05, 3.63) is 47.9 Å². The van der Waals surface area contributed by atoms with Gasteiger partial charge in [0, 0.05) is 30.5 Å². The highest BCUT2D eigenvalue weighted by Crippen LogP contribution is 2.28. The van der Waals surface area contributed by atoms with E-state index in [2.05, 4.69) is 28.7 Å². The van der Waals surface area contributed by atoms with Crippen molar-refractivity contribution >= 4 is 17.7 Å². The third kappa shape index (κ3) is 5.85. The van der Waals surface area contributed by atoms with Crippen molar-refractivity contribution in [3.8, 4) is 0 Å². The van der Waals surface area contributed by atoms with Crippen LogP contribution in [0.4, 0.5) is 0 Å². The van der Waals surface area contributed by atoms with Crippen LogP contribution in [0.1, 0.15) is 38.1 Å². The summed E-state index contributed by atoms with van der Waals surface area (Å²) in [5, 5.41) is 7.77. The van der Waals surface area contributed by atoms with Crippen LogP contribution in [-0.2, 0) is 17.0 Å². The minimum atomic E-state index is 0.280. The fourth-order valence-electron chi connectivity index (χ4n) is 3.87. The third-order valence-corrected chi connectivity index (χ3v) is 6.56. The number of thioether (sulfide) groups is 1. The number of carbonyl (C=O) groups excluding carboxylic acids is 1. The number of rotatable bonds is 9. The van der Waals surface area contributed by atoms with Crippen molar-refractivity contribution < 1.29 is 9.32 Å². The van der Waals surface area contributed by atoms with E-state index in [9.17, 15) is 4.79 Å². The second-order valence-electron chi connectivity index (χ2n) is 7.37. The van der Waals surface area contributed by atoms with E-state index in [1.54, 1.807) is 11.8 Å². The molecule has 1 saturated heterocycles. The van der Waals surface area contributed by atoms with Crippen LogP contribution in [0.5, 0.6) is 0 Å². The van der Waals surface area contributed by atoms with E-state index in [0.29, 0.717) is 18.3 Å². The van der Waals surface area contributed by atoms with Crippen molar-refractivity contribution in [1.82, 2.24) is 15.4 Å². The maximum absolute atomic E-state index is 12.6. The fourth-order valence-corrected chi connectivity index (χ4v) is 4.67. The van der Waals surface area contributed by atoms with Crippen LogP contribution in [0.25, 0.3) is 0 Å². The summed E-state index contributed by atoms with van der Waals surface area (Å²) in [4.78, 5) is 15.7. The molecule has 0 saturated carbocycles. The van der Waals surface area contributed by atoms with Gasteiger partial charge in [0.25, 0.3) is 0 Å². The number of nitrogens with zero attached hydrogens (tertiary/aromatic N) is 2. The minimum absolute atomic E-state index is 0.280. The second-order valence-corrected chi connectivity index (χ2v) is 8.42. The monoisotopic (exact) mass is 401 g/mol. The molecule has 0 bridgehead atoms. The zero-order valence-electron chi connectivity index (χ0n) is 16.9. The highest BCUT2D eigenvalue weighted by molar-refractivity contribution is 7.98. The molecule has 28 heavy (non-hydrogen) atoms. The predicted octanol–water partition coefficient (Wildman–Crippen LogP) is 3.99. The average Bonchev–Trinajstić information content (AvgIpc) is 3.17. The molecule has 152 valence electrons. The van der Waals surface area contributed by atoms with Crippen LogP contribution in [0, 0.1) is 11.8 Å². The zero-order valence-corrected chi connectivity index (χ0v) is 17.7. The quantitative estimate of drug-likeness (QED) is 0.644. The molecule has 1 fully saturated rings. The number of carbonyl (C=O) groups is 1. The molecule has 0 aliphatic carbocycles. The van der Waals surface area contributed by atoms with Gasteiger partial charge < -0.3 is 14.7 Å². The largest absolute Gasteiger partial charge is 0.360 e. The Bertz CT molecular complexity index is 730. The number of aromatic nitrogens is 1. The molecule has 1 aromatic carbocycles. The van der Waals surface area contributed by atoms with Crippen LogP contribution in [0.3, 0.4) is 0 Å². The molecule has 2 aromatic rings. The summed E-state index contributed by atoms with van der Waals surface area (Å²) in [6, 6.07) is 12.4. The van der Waals surface area contributed by atoms with Gasteiger partial charge >= 0.3 is 0 Å². The van der Waals surface area contributed by atoms with Crippen molar-refractivity contribution in [3.63, 3.8) is 0 Å². The van der Waals surface area contributed by atoms with E-state index in [4.69, 9.17) is 4.52 Å². The van der Waals surface area contributed by atoms with Gasteiger partial charge in [0.2, 0.25) is 5.91 Å². The summed E-state index contributed by atoms with van der Waals surface area (Å²) in [5.41, 5.74) is 0.998. The number of piperidine rings is 1. The highest BCUT2D eigenvalue weighted by Gasteiger charge is 2.29. The molecule has 0 unspecified atom stereocenters. The minimum Gasteiger partial charge on any atom is -0.360 e. The van der Waals surface area contributed by atoms with E-state index < -0.39 is 0 Å². The average molecular weight is 402 g/mol. The summed E-state index contributed by atoms with van der Waals surface area (Å²) < 4.78 is 5.55. The van der Waals surface area contributed by atoms with Gasteiger partial charge in [-0.3, -0.25) is 4.79 Å². The Balaban J connectivity index is 1.55. The molecule has 1 amide bonds. The molecule has 6 heteroatoms. The van der Waals surface area contributed by atoms with E-state index in [0.717, 1.165) is 56.2 Å². The Labute approximate surface area is 172 Å². The maximum atomic E-state index is 12.6. The molecule has 2 atom stereocenters. The van der Waals surface area contributed by atoms with E-state index in [1.165, 1.54) is 4.90 Å². The first kappa shape index (κ1) is 20.9. The summed E-state index contributed by atoms with van der Waals surface area (Å²) in [5.74, 6) is 2.80. The summed E-state index contributed by atoms with van der Waals surface area (Å²) in [6.45, 7) is 7.60. The third-order valence-electron chi connectivity index (χ3n) is 5.52. The number of nitrogens with one attached hydrogen (secondary N) is 1. The molecular weight excluding hydrogens is 370 g/mol. The molecule has 1 aliphatic heterocycles. The van der Waals surface area contributed by atoms with Crippen molar-refractivity contribution in [2.45, 2.75) is 43.8 Å². The van der Waals surface area contributed by atoms with E-state index in [-0.39, 0.29) is 5.91 Å². The fraction of sp³-hybridized carbons (Fsp3) is 0.545. The molecular formula is C22H31N3O2S. The lowest BCUT2D eigenvalue weighted by Gasteiger charge is -2.32. The van der Waals surface area contributed by atoms with Crippen molar-refractivity contribution in [2.75, 3.05) is 26.2 Å². The van der Waals surface area contributed by atoms with Crippen LogP contribution < -0.4 is 5.32 Å². The molecule has 1 aromatic heterocycles. The maximum Gasteiger partial charge on any atom is 0.222 e. The van der Waals surface area contributed by atoms with Crippen molar-refractivity contribution in [2.24, 2.45) is 11.8 Å². The van der Waals surface area contributed by atoms with Crippen LogP contribution in [-0.4, -0.2) is 42.1 Å². The second kappa shape index (κ2) is 10.7. The summed E-state index contributed by atoms with van der Waals surface area (Å²) >= 11 is 1.75. The van der Waals surface area contributed by atoms with Gasteiger partial charge in [0.15, 0.2) is 0 Å². The SMILES string of the molecule is CCN(CC)C(=O)C[C@H]1CCNC[C@@H]1Cc1cc(CSc2ccccc2)on1. The Hall–Kier alpha value is -1.79. The normalized spacial score (nSPS) is 19.5. The van der Waals surface area contributed by atoms with Gasteiger partial charge in [-0.2, -0.15) is 0 Å². The summed E-state index contributed by atoms with van der Waals surface area (Å²) in [7, 11) is 0. The first-order valence-electron chi connectivity index (χ1n) is 10.3. The van der Waals surface area contributed by atoms with Gasteiger partial charge in [-0.1, -0.05) is 23.4 Å². The lowest BCUT2D eigenvalue weighted by molar-refractivity contribution is -0.132. The van der Waals surface area contributed by atoms with E-state index >= 15 is 0 Å². The topological polar surface area (TPSA) is 58.4 Å². The first-order valence-corrected chi connectivity index (χ1v) is 11.3. The molecule has 5 nitrogen and oxygen atoms in total. The lowest BCUT2D eigenvalue weighted by atomic mass is 9.81. The number of hydrogen-bond donors (Lipinski definition) is 1. The van der Waals surface area contributed by atoms with Gasteiger partial charge in [-0.25, -0.2) is 0 Å². The smallest absolute Gasteiger partial charge is 0.222 e. The van der Waals surface area contributed by atoms with Gasteiger partial charge in [0.1, 0.15) is 5.76 Å². The standard InChI is InChI=1S/C22H31N3O2S/c1-3-25(4-2)22(26)13-17-10-11-23-15-18(17)12-19-14-20(27-24-19)16-28-21-8-6-5-7-9-21/h5-9,14,17-18,23H,3-4,10-13,15-16H2,1-2H3/t17-,18+/m1/s1. The van der Waals surface area contributed by atoms with Crippen molar-refractivity contribution in [1.29, 1.82) is 0 Å².